The van der Waals surface area contributed by atoms with Gasteiger partial charge in [-0.25, -0.2) is 0 Å². The third kappa shape index (κ3) is 2.09. The van der Waals surface area contributed by atoms with E-state index in [9.17, 15) is 0 Å². The molecule has 0 N–H and O–H groups in total. The molecule has 0 bridgehead atoms. The second kappa shape index (κ2) is 4.09. The van der Waals surface area contributed by atoms with Crippen molar-refractivity contribution in [1.29, 1.82) is 0 Å². The Morgan fingerprint density at radius 3 is 2.71 bits per heavy atom. The van der Waals surface area contributed by atoms with Crippen LogP contribution in [0.1, 0.15) is 5.56 Å². The summed E-state index contributed by atoms with van der Waals surface area (Å²) in [6, 6.07) is 16.7. The average molecular weight is 220 g/mol. The van der Waals surface area contributed by atoms with Gasteiger partial charge in [-0.15, -0.1) is 0 Å². The van der Waals surface area contributed by atoms with Crippen LogP contribution in [0.3, 0.4) is 0 Å². The lowest BCUT2D eigenvalue weighted by Crippen LogP contribution is -1.99. The Hall–Kier alpha value is -2.03. The van der Waals surface area contributed by atoms with Crippen LogP contribution < -0.4 is 5.46 Å². The van der Waals surface area contributed by atoms with Crippen molar-refractivity contribution < 1.29 is 0 Å². The maximum Gasteiger partial charge on any atom is 0.139 e. The smallest absolute Gasteiger partial charge is 0.139 e. The first-order valence-corrected chi connectivity index (χ1v) is 5.79. The Labute approximate surface area is 101 Å². The molecule has 0 radical (unpaired) electrons. The van der Waals surface area contributed by atoms with E-state index in [1.165, 1.54) is 16.4 Å². The zero-order valence-electron chi connectivity index (χ0n) is 9.80. The highest BCUT2D eigenvalue weighted by Gasteiger charge is 2.01. The Morgan fingerprint density at radius 1 is 1.06 bits per heavy atom. The summed E-state index contributed by atoms with van der Waals surface area (Å²) in [4.78, 5) is 0. The molecular weight excluding hydrogens is 207 g/mol. The van der Waals surface area contributed by atoms with Crippen molar-refractivity contribution >= 4 is 24.2 Å². The third-order valence-corrected chi connectivity index (χ3v) is 2.89. The van der Waals surface area contributed by atoms with Crippen LogP contribution >= 0.6 is 0 Å². The lowest BCUT2D eigenvalue weighted by molar-refractivity contribution is 0.696. The first-order valence-electron chi connectivity index (χ1n) is 5.79. The molecule has 82 valence electrons. The molecule has 2 nitrogen and oxygen atoms in total. The summed E-state index contributed by atoms with van der Waals surface area (Å²) < 4.78 is 2.00. The molecule has 0 saturated carbocycles. The van der Waals surface area contributed by atoms with E-state index in [2.05, 4.69) is 61.6 Å². The number of hydrogen-bond acceptors (Lipinski definition) is 1. The molecule has 0 atom stereocenters. The first-order chi connectivity index (χ1) is 8.31. The van der Waals surface area contributed by atoms with Crippen LogP contribution in [0.25, 0.3) is 10.9 Å². The van der Waals surface area contributed by atoms with Gasteiger partial charge in [0.15, 0.2) is 0 Å². The van der Waals surface area contributed by atoms with Gasteiger partial charge in [-0.1, -0.05) is 47.9 Å². The lowest BCUT2D eigenvalue weighted by atomic mass is 9.95. The quantitative estimate of drug-likeness (QED) is 0.596. The summed E-state index contributed by atoms with van der Waals surface area (Å²) in [5.41, 5.74) is 3.61. The Morgan fingerprint density at radius 2 is 1.88 bits per heavy atom. The molecule has 3 heteroatoms. The molecule has 0 spiro atoms. The van der Waals surface area contributed by atoms with Crippen LogP contribution in [0.4, 0.5) is 0 Å². The van der Waals surface area contributed by atoms with Gasteiger partial charge in [0.2, 0.25) is 0 Å². The maximum absolute atomic E-state index is 4.57. The van der Waals surface area contributed by atoms with E-state index in [4.69, 9.17) is 0 Å². The highest BCUT2D eigenvalue weighted by atomic mass is 15.3. The summed E-state index contributed by atoms with van der Waals surface area (Å²) >= 11 is 0. The molecule has 0 unspecified atom stereocenters. The number of benzene rings is 2. The summed E-state index contributed by atoms with van der Waals surface area (Å²) in [6.45, 7) is 0.828. The molecule has 0 aliphatic heterocycles. The van der Waals surface area contributed by atoms with Gasteiger partial charge in [0.25, 0.3) is 0 Å². The molecule has 1 heterocycles. The lowest BCUT2D eigenvalue weighted by Gasteiger charge is -2.00. The van der Waals surface area contributed by atoms with Crippen molar-refractivity contribution in [2.75, 3.05) is 0 Å². The fourth-order valence-electron chi connectivity index (χ4n) is 2.05. The monoisotopic (exact) mass is 220 g/mol. The van der Waals surface area contributed by atoms with Crippen molar-refractivity contribution in [3.05, 3.63) is 60.3 Å². The van der Waals surface area contributed by atoms with Crippen molar-refractivity contribution in [1.82, 2.24) is 9.78 Å². The minimum absolute atomic E-state index is 0.828. The average Bonchev–Trinajstić information content (AvgIpc) is 2.71. The molecule has 1 aromatic heterocycles. The summed E-state index contributed by atoms with van der Waals surface area (Å²) in [5.74, 6) is 0. The number of aromatic nitrogens is 2. The van der Waals surface area contributed by atoms with Crippen molar-refractivity contribution in [3.63, 3.8) is 0 Å². The van der Waals surface area contributed by atoms with Crippen LogP contribution in [0.2, 0.25) is 0 Å². The second-order valence-electron chi connectivity index (χ2n) is 4.37. The summed E-state index contributed by atoms with van der Waals surface area (Å²) in [6.07, 6.45) is 2.11. The molecule has 2 aromatic carbocycles. The number of rotatable bonds is 2. The molecule has 0 aliphatic rings. The third-order valence-electron chi connectivity index (χ3n) is 2.89. The highest BCUT2D eigenvalue weighted by Crippen LogP contribution is 2.11. The topological polar surface area (TPSA) is 17.8 Å². The fourth-order valence-corrected chi connectivity index (χ4v) is 2.05. The molecule has 3 rings (SSSR count). The predicted molar refractivity (Wildman–Crippen MR) is 73.5 cm³/mol. The van der Waals surface area contributed by atoms with E-state index >= 15 is 0 Å². The SMILES string of the molecule is Bc1ccc2nn(Cc3ccccc3)cc2c1. The molecule has 0 amide bonds. The molecule has 3 aromatic rings. The van der Waals surface area contributed by atoms with Gasteiger partial charge in [-0.3, -0.25) is 4.68 Å². The van der Waals surface area contributed by atoms with E-state index in [0.717, 1.165) is 12.1 Å². The zero-order chi connectivity index (χ0) is 11.7. The van der Waals surface area contributed by atoms with Crippen molar-refractivity contribution in [2.24, 2.45) is 0 Å². The summed E-state index contributed by atoms with van der Waals surface area (Å²) in [7, 11) is 2.11. The minimum atomic E-state index is 0.828. The highest BCUT2D eigenvalue weighted by molar-refractivity contribution is 6.33. The fraction of sp³-hybridized carbons (Fsp3) is 0.0714. The first kappa shape index (κ1) is 10.1. The van der Waals surface area contributed by atoms with Gasteiger partial charge in [-0.2, -0.15) is 5.10 Å². The molecule has 17 heavy (non-hydrogen) atoms. The van der Waals surface area contributed by atoms with E-state index in [1.807, 2.05) is 10.7 Å². The number of fused-ring (bicyclic) bond motifs is 1. The number of hydrogen-bond donors (Lipinski definition) is 0. The van der Waals surface area contributed by atoms with Crippen LogP contribution in [0.5, 0.6) is 0 Å². The number of nitrogens with zero attached hydrogens (tertiary/aromatic N) is 2. The van der Waals surface area contributed by atoms with Gasteiger partial charge in [0.1, 0.15) is 7.85 Å². The van der Waals surface area contributed by atoms with Crippen LogP contribution in [-0.2, 0) is 6.54 Å². The zero-order valence-corrected chi connectivity index (χ0v) is 9.80. The van der Waals surface area contributed by atoms with Crippen molar-refractivity contribution in [2.45, 2.75) is 6.54 Å². The normalized spacial score (nSPS) is 10.8. The standard InChI is InChI=1S/C14H13BN2/c15-13-6-7-14-12(8-13)10-17(16-14)9-11-4-2-1-3-5-11/h1-8,10H,9,15H2. The maximum atomic E-state index is 4.57. The van der Waals surface area contributed by atoms with E-state index in [0.29, 0.717) is 0 Å². The Bertz CT molecular complexity index is 644. The van der Waals surface area contributed by atoms with Gasteiger partial charge < -0.3 is 0 Å². The Kier molecular flexibility index (Phi) is 2.44. The Balaban J connectivity index is 1.96. The van der Waals surface area contributed by atoms with Crippen LogP contribution in [0, 0.1) is 0 Å². The predicted octanol–water partition coefficient (Wildman–Crippen LogP) is 1.34. The van der Waals surface area contributed by atoms with E-state index < -0.39 is 0 Å². The van der Waals surface area contributed by atoms with Gasteiger partial charge in [-0.05, 0) is 11.6 Å². The second-order valence-corrected chi connectivity index (χ2v) is 4.37. The van der Waals surface area contributed by atoms with Gasteiger partial charge in [0.05, 0.1) is 12.1 Å². The molecular formula is C14H13BN2. The van der Waals surface area contributed by atoms with Crippen molar-refractivity contribution in [3.8, 4) is 0 Å². The van der Waals surface area contributed by atoms with Crippen LogP contribution in [-0.4, -0.2) is 17.6 Å². The van der Waals surface area contributed by atoms with Gasteiger partial charge >= 0.3 is 0 Å². The van der Waals surface area contributed by atoms with E-state index in [-0.39, 0.29) is 0 Å². The largest absolute Gasteiger partial charge is 0.267 e. The molecule has 0 aliphatic carbocycles. The summed E-state index contributed by atoms with van der Waals surface area (Å²) in [5, 5.41) is 5.77. The van der Waals surface area contributed by atoms with E-state index in [1.54, 1.807) is 0 Å². The minimum Gasteiger partial charge on any atom is -0.267 e. The van der Waals surface area contributed by atoms with Crippen LogP contribution in [0.15, 0.2) is 54.7 Å². The molecule has 0 fully saturated rings. The molecule has 0 saturated heterocycles. The van der Waals surface area contributed by atoms with Gasteiger partial charge in [0, 0.05) is 11.6 Å².